The fourth-order valence-corrected chi connectivity index (χ4v) is 6.26. The lowest BCUT2D eigenvalue weighted by molar-refractivity contribution is -0.148. The zero-order valence-electron chi connectivity index (χ0n) is 27.0. The maximum absolute atomic E-state index is 14.0. The Morgan fingerprint density at radius 1 is 1.02 bits per heavy atom. The Kier molecular flexibility index (Phi) is 12.8. The molecular formula is C33H46N4O7S. The topological polar surface area (TPSA) is 146 Å². The maximum Gasteiger partial charge on any atom is 0.410 e. The first kappa shape index (κ1) is 35.9. The number of alkyl carbamates (subject to hydrolysis) is 1. The minimum Gasteiger partial charge on any atom is -0.420 e. The van der Waals surface area contributed by atoms with E-state index in [2.05, 4.69) is 16.0 Å². The van der Waals surface area contributed by atoms with Crippen molar-refractivity contribution in [2.24, 2.45) is 5.92 Å². The summed E-state index contributed by atoms with van der Waals surface area (Å²) in [5, 5.41) is 19.9. The Morgan fingerprint density at radius 2 is 1.67 bits per heavy atom. The molecule has 2 aromatic rings. The highest BCUT2D eigenvalue weighted by atomic mass is 32.2. The highest BCUT2D eigenvalue weighted by Crippen LogP contribution is 2.40. The molecule has 0 saturated carbocycles. The Balaban J connectivity index is 1.82. The normalized spacial score (nSPS) is 18.4. The van der Waals surface area contributed by atoms with Crippen LogP contribution in [0.5, 0.6) is 0 Å². The minimum absolute atomic E-state index is 0.129. The van der Waals surface area contributed by atoms with Gasteiger partial charge in [-0.15, -0.1) is 11.8 Å². The van der Waals surface area contributed by atoms with Crippen LogP contribution >= 0.6 is 11.8 Å². The fourth-order valence-electron chi connectivity index (χ4n) is 5.12. The average Bonchev–Trinajstić information content (AvgIpc) is 3.33. The quantitative estimate of drug-likeness (QED) is 0.244. The number of hydrogen-bond acceptors (Lipinski definition) is 8. The number of aliphatic hydroxyl groups is 1. The molecule has 4 amide bonds. The molecule has 0 bridgehead atoms. The molecule has 1 saturated heterocycles. The van der Waals surface area contributed by atoms with E-state index < -0.39 is 53.2 Å². The number of carbonyl (C=O) groups excluding carboxylic acids is 4. The van der Waals surface area contributed by atoms with Crippen molar-refractivity contribution in [2.75, 3.05) is 13.0 Å². The van der Waals surface area contributed by atoms with Gasteiger partial charge in [0.05, 0.1) is 11.9 Å². The summed E-state index contributed by atoms with van der Waals surface area (Å²) < 4.78 is 9.42. The predicted molar refractivity (Wildman–Crippen MR) is 173 cm³/mol. The number of thioether (sulfide) groups is 1. The lowest BCUT2D eigenvalue weighted by atomic mass is 9.96. The molecule has 0 aromatic heterocycles. The van der Waals surface area contributed by atoms with Crippen LogP contribution in [-0.2, 0) is 36.8 Å². The fraction of sp³-hybridized carbons (Fsp3) is 0.515. The summed E-state index contributed by atoms with van der Waals surface area (Å²) in [7, 11) is 1.38. The van der Waals surface area contributed by atoms with Gasteiger partial charge in [-0.2, -0.15) is 0 Å². The molecule has 1 aliphatic heterocycles. The molecule has 11 nitrogen and oxygen atoms in total. The Hall–Kier alpha value is -3.61. The SMILES string of the molecule is COC(C)OC(=O)NC(C(=O)N[C@@H](Cc1ccccc1)[C@H](O)C(=O)N1CSC(C)(C)C1C(=O)NCc1ccccc1C)C(C)C. The molecule has 45 heavy (non-hydrogen) atoms. The first-order valence-electron chi connectivity index (χ1n) is 15.0. The van der Waals surface area contributed by atoms with E-state index in [1.807, 2.05) is 75.4 Å². The monoisotopic (exact) mass is 642 g/mol. The van der Waals surface area contributed by atoms with E-state index in [4.69, 9.17) is 9.47 Å². The van der Waals surface area contributed by atoms with E-state index in [1.54, 1.807) is 13.8 Å². The molecule has 0 aliphatic carbocycles. The van der Waals surface area contributed by atoms with E-state index in [0.717, 1.165) is 16.7 Å². The summed E-state index contributed by atoms with van der Waals surface area (Å²) in [6.07, 6.45) is -3.21. The zero-order valence-corrected chi connectivity index (χ0v) is 27.9. The molecular weight excluding hydrogens is 596 g/mol. The van der Waals surface area contributed by atoms with Crippen LogP contribution in [-0.4, -0.2) is 82.1 Å². The van der Waals surface area contributed by atoms with Crippen molar-refractivity contribution >= 4 is 35.6 Å². The molecule has 246 valence electrons. The smallest absolute Gasteiger partial charge is 0.410 e. The molecule has 2 aromatic carbocycles. The van der Waals surface area contributed by atoms with E-state index in [1.165, 1.54) is 30.7 Å². The third-order valence-corrected chi connectivity index (χ3v) is 9.25. The van der Waals surface area contributed by atoms with Gasteiger partial charge in [-0.1, -0.05) is 68.4 Å². The number of rotatable bonds is 13. The number of benzene rings is 2. The Morgan fingerprint density at radius 3 is 2.29 bits per heavy atom. The van der Waals surface area contributed by atoms with Gasteiger partial charge in [0.2, 0.25) is 18.1 Å². The molecule has 1 fully saturated rings. The van der Waals surface area contributed by atoms with Crippen molar-refractivity contribution < 1.29 is 33.8 Å². The number of methoxy groups -OCH3 is 1. The summed E-state index contributed by atoms with van der Waals surface area (Å²) >= 11 is 1.44. The second-order valence-electron chi connectivity index (χ2n) is 12.1. The van der Waals surface area contributed by atoms with Crippen molar-refractivity contribution in [1.82, 2.24) is 20.9 Å². The van der Waals surface area contributed by atoms with Crippen molar-refractivity contribution in [2.45, 2.75) is 89.8 Å². The predicted octanol–water partition coefficient (Wildman–Crippen LogP) is 3.12. The largest absolute Gasteiger partial charge is 0.420 e. The molecule has 1 heterocycles. The Labute approximate surface area is 269 Å². The third-order valence-electron chi connectivity index (χ3n) is 7.88. The average molecular weight is 643 g/mol. The molecule has 1 aliphatic rings. The summed E-state index contributed by atoms with van der Waals surface area (Å²) in [6.45, 7) is 11.1. The van der Waals surface area contributed by atoms with Gasteiger partial charge in [0.15, 0.2) is 6.10 Å². The standard InChI is InChI=1S/C33H46N4O7S/c1-20(2)26(36-32(42)44-22(4)43-7)29(39)35-25(17-23-14-9-8-10-15-23)27(38)31(41)37-19-45-33(5,6)28(37)30(40)34-18-24-16-12-11-13-21(24)3/h8-16,20,22,25-28,38H,17-19H2,1-7H3,(H,34,40)(H,35,39)(H,36,42)/t22?,25-,26?,27-,28?/m0/s1. The van der Waals surface area contributed by atoms with Crippen LogP contribution in [0.4, 0.5) is 4.79 Å². The number of ether oxygens (including phenoxy) is 2. The van der Waals surface area contributed by atoms with Crippen molar-refractivity contribution in [3.05, 3.63) is 71.3 Å². The molecule has 12 heteroatoms. The molecule has 3 unspecified atom stereocenters. The second-order valence-corrected chi connectivity index (χ2v) is 13.7. The molecule has 4 N–H and O–H groups in total. The van der Waals surface area contributed by atoms with E-state index in [9.17, 15) is 24.3 Å². The van der Waals surface area contributed by atoms with E-state index in [0.29, 0.717) is 6.54 Å². The van der Waals surface area contributed by atoms with E-state index >= 15 is 0 Å². The summed E-state index contributed by atoms with van der Waals surface area (Å²) in [5.41, 5.74) is 2.78. The van der Waals surface area contributed by atoms with Crippen LogP contribution in [0.3, 0.4) is 0 Å². The van der Waals surface area contributed by atoms with Crippen LogP contribution in [0.15, 0.2) is 54.6 Å². The molecule has 3 rings (SSSR count). The van der Waals surface area contributed by atoms with Gasteiger partial charge in [0.1, 0.15) is 12.1 Å². The van der Waals surface area contributed by atoms with Gasteiger partial charge >= 0.3 is 6.09 Å². The number of nitrogens with one attached hydrogen (secondary N) is 3. The van der Waals surface area contributed by atoms with Gasteiger partial charge in [-0.25, -0.2) is 4.79 Å². The first-order chi connectivity index (χ1) is 21.2. The van der Waals surface area contributed by atoms with E-state index in [-0.39, 0.29) is 24.1 Å². The van der Waals surface area contributed by atoms with Crippen LogP contribution in [0, 0.1) is 12.8 Å². The lowest BCUT2D eigenvalue weighted by Crippen LogP contribution is -2.60. The van der Waals surface area contributed by atoms with Crippen molar-refractivity contribution in [3.8, 4) is 0 Å². The zero-order chi connectivity index (χ0) is 33.3. The van der Waals surface area contributed by atoms with Crippen LogP contribution in [0.2, 0.25) is 0 Å². The third kappa shape index (κ3) is 9.69. The van der Waals surface area contributed by atoms with Crippen molar-refractivity contribution in [3.63, 3.8) is 0 Å². The molecule has 0 radical (unpaired) electrons. The van der Waals surface area contributed by atoms with Gasteiger partial charge in [-0.05, 0) is 56.7 Å². The summed E-state index contributed by atoms with van der Waals surface area (Å²) in [6, 6.07) is 13.9. The molecule has 0 spiro atoms. The maximum atomic E-state index is 14.0. The van der Waals surface area contributed by atoms with Gasteiger partial charge in [0, 0.05) is 18.4 Å². The number of aliphatic hydroxyl groups excluding tert-OH is 1. The number of carbonyl (C=O) groups is 4. The molecule has 5 atom stereocenters. The lowest BCUT2D eigenvalue weighted by Gasteiger charge is -2.34. The Bertz CT molecular complexity index is 1320. The van der Waals surface area contributed by atoms with Gasteiger partial charge in [-0.3, -0.25) is 14.4 Å². The number of nitrogens with zero attached hydrogens (tertiary/aromatic N) is 1. The first-order valence-corrected chi connectivity index (χ1v) is 16.0. The number of amides is 4. The summed E-state index contributed by atoms with van der Waals surface area (Å²) in [5.74, 6) is -1.75. The van der Waals surface area contributed by atoms with Crippen molar-refractivity contribution in [1.29, 1.82) is 0 Å². The minimum atomic E-state index is -1.68. The van der Waals surface area contributed by atoms with Crippen LogP contribution in [0.1, 0.15) is 51.3 Å². The van der Waals surface area contributed by atoms with Crippen LogP contribution in [0.25, 0.3) is 0 Å². The number of hydrogen-bond donors (Lipinski definition) is 4. The van der Waals surface area contributed by atoms with Gasteiger partial charge < -0.3 is 35.4 Å². The highest BCUT2D eigenvalue weighted by molar-refractivity contribution is 8.00. The van der Waals surface area contributed by atoms with Gasteiger partial charge in [0.25, 0.3) is 5.91 Å². The highest BCUT2D eigenvalue weighted by Gasteiger charge is 2.50. The second kappa shape index (κ2) is 16.1. The van der Waals surface area contributed by atoms with Crippen LogP contribution < -0.4 is 16.0 Å². The summed E-state index contributed by atoms with van der Waals surface area (Å²) in [4.78, 5) is 54.8. The number of aryl methyl sites for hydroxylation is 1.